The Bertz CT molecular complexity index is 273. The van der Waals surface area contributed by atoms with Gasteiger partial charge in [-0.3, -0.25) is 0 Å². The molecule has 1 aliphatic carbocycles. The van der Waals surface area contributed by atoms with Crippen LogP contribution in [0.3, 0.4) is 0 Å². The Labute approximate surface area is 120 Å². The van der Waals surface area contributed by atoms with E-state index in [9.17, 15) is 0 Å². The Balaban J connectivity index is 1.89. The normalized spacial score (nSPS) is 29.4. The van der Waals surface area contributed by atoms with Gasteiger partial charge in [-0.25, -0.2) is 0 Å². The summed E-state index contributed by atoms with van der Waals surface area (Å²) < 4.78 is 0. The molecule has 2 N–H and O–H groups in total. The summed E-state index contributed by atoms with van der Waals surface area (Å²) in [5.41, 5.74) is 7.04. The summed E-state index contributed by atoms with van der Waals surface area (Å²) in [7, 11) is 0. The number of rotatable bonds is 3. The van der Waals surface area contributed by atoms with Gasteiger partial charge in [0.15, 0.2) is 0 Å². The van der Waals surface area contributed by atoms with Gasteiger partial charge in [-0.15, -0.1) is 0 Å². The van der Waals surface area contributed by atoms with Crippen molar-refractivity contribution in [1.82, 2.24) is 4.90 Å². The molecule has 2 rings (SSSR count). The summed E-state index contributed by atoms with van der Waals surface area (Å²) in [5, 5.41) is 0. The monoisotopic (exact) mass is 266 g/mol. The van der Waals surface area contributed by atoms with Gasteiger partial charge in [0.25, 0.3) is 0 Å². The maximum Gasteiger partial charge on any atom is 0.00501 e. The van der Waals surface area contributed by atoms with E-state index in [0.29, 0.717) is 10.8 Å². The molecule has 0 aromatic heterocycles. The molecule has 1 aliphatic heterocycles. The lowest BCUT2D eigenvalue weighted by atomic mass is 9.77. The van der Waals surface area contributed by atoms with Gasteiger partial charge in [0.2, 0.25) is 0 Å². The first-order chi connectivity index (χ1) is 8.95. The van der Waals surface area contributed by atoms with Crippen LogP contribution in [-0.2, 0) is 0 Å². The molecule has 1 unspecified atom stereocenters. The maximum absolute atomic E-state index is 6.09. The van der Waals surface area contributed by atoms with E-state index in [4.69, 9.17) is 5.73 Å². The van der Waals surface area contributed by atoms with Crippen molar-refractivity contribution >= 4 is 0 Å². The highest BCUT2D eigenvalue weighted by atomic mass is 15.1. The second-order valence-electron chi connectivity index (χ2n) is 8.18. The van der Waals surface area contributed by atoms with Gasteiger partial charge >= 0.3 is 0 Å². The number of likely N-dealkylation sites (tertiary alicyclic amines) is 1. The van der Waals surface area contributed by atoms with Crippen molar-refractivity contribution in [1.29, 1.82) is 0 Å². The molecule has 0 spiro atoms. The summed E-state index contributed by atoms with van der Waals surface area (Å²) >= 11 is 0. The van der Waals surface area contributed by atoms with Crippen molar-refractivity contribution in [3.05, 3.63) is 0 Å². The quantitative estimate of drug-likeness (QED) is 0.845. The number of nitrogens with two attached hydrogens (primary N) is 1. The summed E-state index contributed by atoms with van der Waals surface area (Å²) in [5.74, 6) is 0.898. The summed E-state index contributed by atoms with van der Waals surface area (Å²) in [4.78, 5) is 2.73. The van der Waals surface area contributed by atoms with E-state index in [1.807, 2.05) is 0 Å². The fourth-order valence-electron chi connectivity index (χ4n) is 4.21. The SMILES string of the molecule is CC(C)(C)C1CCCN(CC2(CN)CCCC2)CC1. The molecule has 2 nitrogen and oxygen atoms in total. The number of nitrogens with zero attached hydrogens (tertiary/aromatic N) is 1. The minimum atomic E-state index is 0.460. The molecule has 2 aliphatic rings. The first-order valence-electron chi connectivity index (χ1n) is 8.38. The zero-order valence-corrected chi connectivity index (χ0v) is 13.4. The predicted octanol–water partition coefficient (Wildman–Crippen LogP) is 3.65. The maximum atomic E-state index is 6.09. The van der Waals surface area contributed by atoms with Crippen LogP contribution in [0, 0.1) is 16.7 Å². The second kappa shape index (κ2) is 6.13. The first-order valence-corrected chi connectivity index (χ1v) is 8.38. The van der Waals surface area contributed by atoms with Crippen LogP contribution in [0.15, 0.2) is 0 Å². The van der Waals surface area contributed by atoms with Crippen molar-refractivity contribution in [2.75, 3.05) is 26.2 Å². The molecule has 2 fully saturated rings. The van der Waals surface area contributed by atoms with Gasteiger partial charge in [-0.1, -0.05) is 33.6 Å². The number of hydrogen-bond donors (Lipinski definition) is 1. The van der Waals surface area contributed by atoms with Crippen molar-refractivity contribution in [2.45, 2.75) is 65.7 Å². The van der Waals surface area contributed by atoms with E-state index in [0.717, 1.165) is 12.5 Å². The lowest BCUT2D eigenvalue weighted by Crippen LogP contribution is -2.41. The Morgan fingerprint density at radius 3 is 2.32 bits per heavy atom. The highest BCUT2D eigenvalue weighted by molar-refractivity contribution is 4.89. The smallest absolute Gasteiger partial charge is 0.00501 e. The molecule has 112 valence electrons. The van der Waals surface area contributed by atoms with Gasteiger partial charge in [0, 0.05) is 6.54 Å². The molecular weight excluding hydrogens is 232 g/mol. The summed E-state index contributed by atoms with van der Waals surface area (Å²) in [6.45, 7) is 12.0. The molecule has 0 amide bonds. The Morgan fingerprint density at radius 1 is 1.05 bits per heavy atom. The van der Waals surface area contributed by atoms with Crippen LogP contribution < -0.4 is 5.73 Å². The Kier molecular flexibility index (Phi) is 4.94. The molecule has 1 atom stereocenters. The van der Waals surface area contributed by atoms with E-state index in [1.54, 1.807) is 0 Å². The van der Waals surface area contributed by atoms with Gasteiger partial charge in [-0.2, -0.15) is 0 Å². The molecule has 19 heavy (non-hydrogen) atoms. The Hall–Kier alpha value is -0.0800. The average Bonchev–Trinajstić information content (AvgIpc) is 2.67. The third-order valence-corrected chi connectivity index (χ3v) is 5.70. The lowest BCUT2D eigenvalue weighted by Gasteiger charge is -2.34. The molecule has 1 saturated carbocycles. The lowest BCUT2D eigenvalue weighted by molar-refractivity contribution is 0.154. The first kappa shape index (κ1) is 15.3. The highest BCUT2D eigenvalue weighted by Crippen LogP contribution is 2.39. The van der Waals surface area contributed by atoms with Crippen LogP contribution in [-0.4, -0.2) is 31.1 Å². The van der Waals surface area contributed by atoms with E-state index >= 15 is 0 Å². The fraction of sp³-hybridized carbons (Fsp3) is 1.00. The predicted molar refractivity (Wildman–Crippen MR) is 83.2 cm³/mol. The van der Waals surface area contributed by atoms with E-state index in [1.165, 1.54) is 64.6 Å². The van der Waals surface area contributed by atoms with Crippen molar-refractivity contribution in [3.8, 4) is 0 Å². The largest absolute Gasteiger partial charge is 0.330 e. The van der Waals surface area contributed by atoms with Crippen LogP contribution in [0.4, 0.5) is 0 Å². The van der Waals surface area contributed by atoms with Crippen molar-refractivity contribution in [3.63, 3.8) is 0 Å². The molecule has 1 saturated heterocycles. The van der Waals surface area contributed by atoms with Gasteiger partial charge < -0.3 is 10.6 Å². The van der Waals surface area contributed by atoms with Crippen molar-refractivity contribution in [2.24, 2.45) is 22.5 Å². The molecule has 0 aromatic carbocycles. The molecule has 2 heteroatoms. The molecule has 0 radical (unpaired) electrons. The zero-order chi connectivity index (χ0) is 13.9. The number of hydrogen-bond acceptors (Lipinski definition) is 2. The zero-order valence-electron chi connectivity index (χ0n) is 13.4. The minimum absolute atomic E-state index is 0.460. The van der Waals surface area contributed by atoms with E-state index in [-0.39, 0.29) is 0 Å². The fourth-order valence-corrected chi connectivity index (χ4v) is 4.21. The highest BCUT2D eigenvalue weighted by Gasteiger charge is 2.35. The van der Waals surface area contributed by atoms with Gasteiger partial charge in [0.1, 0.15) is 0 Å². The average molecular weight is 266 g/mol. The van der Waals surface area contributed by atoms with E-state index < -0.39 is 0 Å². The third kappa shape index (κ3) is 3.95. The molecule has 0 aromatic rings. The standard InChI is InChI=1S/C17H34N2/c1-16(2,3)15-7-6-11-19(12-8-15)14-17(13-18)9-4-5-10-17/h15H,4-14,18H2,1-3H3. The Morgan fingerprint density at radius 2 is 1.74 bits per heavy atom. The van der Waals surface area contributed by atoms with Gasteiger partial charge in [-0.05, 0) is 68.5 Å². The third-order valence-electron chi connectivity index (χ3n) is 5.70. The van der Waals surface area contributed by atoms with Crippen molar-refractivity contribution < 1.29 is 0 Å². The van der Waals surface area contributed by atoms with Crippen LogP contribution in [0.2, 0.25) is 0 Å². The summed E-state index contributed by atoms with van der Waals surface area (Å²) in [6, 6.07) is 0. The van der Waals surface area contributed by atoms with Crippen LogP contribution >= 0.6 is 0 Å². The van der Waals surface area contributed by atoms with Crippen LogP contribution in [0.5, 0.6) is 0 Å². The van der Waals surface area contributed by atoms with Gasteiger partial charge in [0.05, 0.1) is 0 Å². The summed E-state index contributed by atoms with van der Waals surface area (Å²) in [6.07, 6.45) is 9.69. The second-order valence-corrected chi connectivity index (χ2v) is 8.18. The van der Waals surface area contributed by atoms with Crippen LogP contribution in [0.25, 0.3) is 0 Å². The topological polar surface area (TPSA) is 29.3 Å². The van der Waals surface area contributed by atoms with E-state index in [2.05, 4.69) is 25.7 Å². The minimum Gasteiger partial charge on any atom is -0.330 e. The molecule has 0 bridgehead atoms. The van der Waals surface area contributed by atoms with Crippen LogP contribution in [0.1, 0.15) is 65.7 Å². The molecule has 1 heterocycles. The molecular formula is C17H34N2.